The SMILES string of the molecule is O=C(O)CC[C@@H]1CCCN(C(=O)c2[nH]c3ccccc3c2Br)C1. The van der Waals surface area contributed by atoms with Gasteiger partial charge >= 0.3 is 5.97 Å². The zero-order valence-electron chi connectivity index (χ0n) is 12.7. The number of carboxylic acid groups (broad SMARTS) is 1. The van der Waals surface area contributed by atoms with E-state index in [0.717, 1.165) is 34.8 Å². The predicted octanol–water partition coefficient (Wildman–Crippen LogP) is 3.65. The van der Waals surface area contributed by atoms with Crippen LogP contribution in [0.2, 0.25) is 0 Å². The number of carbonyl (C=O) groups excluding carboxylic acids is 1. The molecule has 5 nitrogen and oxygen atoms in total. The highest BCUT2D eigenvalue weighted by atomic mass is 79.9. The summed E-state index contributed by atoms with van der Waals surface area (Å²) in [6, 6.07) is 7.79. The molecule has 0 radical (unpaired) electrons. The number of carboxylic acids is 1. The van der Waals surface area contributed by atoms with Crippen LogP contribution < -0.4 is 0 Å². The lowest BCUT2D eigenvalue weighted by atomic mass is 9.93. The van der Waals surface area contributed by atoms with E-state index in [1.807, 2.05) is 29.2 Å². The van der Waals surface area contributed by atoms with Gasteiger partial charge in [0.05, 0.1) is 4.47 Å². The maximum absolute atomic E-state index is 12.8. The Kier molecular flexibility index (Phi) is 4.71. The van der Waals surface area contributed by atoms with Crippen LogP contribution in [-0.2, 0) is 4.79 Å². The van der Waals surface area contributed by atoms with Gasteiger partial charge < -0.3 is 15.0 Å². The molecule has 1 aliphatic rings. The molecule has 1 fully saturated rings. The zero-order valence-corrected chi connectivity index (χ0v) is 14.3. The number of hydrogen-bond acceptors (Lipinski definition) is 2. The molecule has 6 heteroatoms. The number of piperidine rings is 1. The minimum Gasteiger partial charge on any atom is -0.481 e. The van der Waals surface area contributed by atoms with Crippen LogP contribution in [0.25, 0.3) is 10.9 Å². The number of carbonyl (C=O) groups is 2. The van der Waals surface area contributed by atoms with Gasteiger partial charge in [-0.3, -0.25) is 9.59 Å². The predicted molar refractivity (Wildman–Crippen MR) is 91.5 cm³/mol. The lowest BCUT2D eigenvalue weighted by molar-refractivity contribution is -0.137. The maximum Gasteiger partial charge on any atom is 0.303 e. The van der Waals surface area contributed by atoms with Crippen LogP contribution in [0.15, 0.2) is 28.7 Å². The second kappa shape index (κ2) is 6.74. The van der Waals surface area contributed by atoms with Crippen molar-refractivity contribution >= 4 is 38.7 Å². The summed E-state index contributed by atoms with van der Waals surface area (Å²) in [7, 11) is 0. The zero-order chi connectivity index (χ0) is 16.4. The molecule has 1 amide bonds. The maximum atomic E-state index is 12.8. The largest absolute Gasteiger partial charge is 0.481 e. The van der Waals surface area contributed by atoms with E-state index < -0.39 is 5.97 Å². The third kappa shape index (κ3) is 3.42. The highest BCUT2D eigenvalue weighted by molar-refractivity contribution is 9.10. The summed E-state index contributed by atoms with van der Waals surface area (Å²) in [4.78, 5) is 28.6. The van der Waals surface area contributed by atoms with E-state index in [1.54, 1.807) is 0 Å². The monoisotopic (exact) mass is 378 g/mol. The molecule has 1 saturated heterocycles. The van der Waals surface area contributed by atoms with Crippen molar-refractivity contribution in [2.75, 3.05) is 13.1 Å². The Morgan fingerprint density at radius 3 is 2.87 bits per heavy atom. The van der Waals surface area contributed by atoms with Crippen LogP contribution in [0.1, 0.15) is 36.2 Å². The highest BCUT2D eigenvalue weighted by Crippen LogP contribution is 2.30. The molecule has 0 aliphatic carbocycles. The molecule has 1 aromatic heterocycles. The van der Waals surface area contributed by atoms with Crippen molar-refractivity contribution in [1.82, 2.24) is 9.88 Å². The molecule has 2 aromatic rings. The van der Waals surface area contributed by atoms with Crippen molar-refractivity contribution < 1.29 is 14.7 Å². The average molecular weight is 379 g/mol. The number of nitrogens with one attached hydrogen (secondary N) is 1. The Morgan fingerprint density at radius 2 is 2.13 bits per heavy atom. The van der Waals surface area contributed by atoms with Crippen molar-refractivity contribution in [3.05, 3.63) is 34.4 Å². The second-order valence-electron chi connectivity index (χ2n) is 6.05. The molecule has 0 unspecified atom stereocenters. The molecule has 3 rings (SSSR count). The summed E-state index contributed by atoms with van der Waals surface area (Å²) >= 11 is 3.53. The minimum atomic E-state index is -0.771. The normalized spacial score (nSPS) is 18.3. The molecule has 23 heavy (non-hydrogen) atoms. The van der Waals surface area contributed by atoms with Crippen molar-refractivity contribution in [3.8, 4) is 0 Å². The van der Waals surface area contributed by atoms with E-state index >= 15 is 0 Å². The number of nitrogens with zero attached hydrogens (tertiary/aromatic N) is 1. The number of amides is 1. The number of rotatable bonds is 4. The fourth-order valence-corrected chi connectivity index (χ4v) is 3.84. The van der Waals surface area contributed by atoms with Crippen LogP contribution in [0.3, 0.4) is 0 Å². The standard InChI is InChI=1S/C17H19BrN2O3/c18-15-12-5-1-2-6-13(12)19-16(15)17(23)20-9-3-4-11(10-20)7-8-14(21)22/h1-2,5-6,11,19H,3-4,7-10H2,(H,21,22)/t11-/m0/s1. The number of aromatic nitrogens is 1. The van der Waals surface area contributed by atoms with Crippen molar-refractivity contribution in [3.63, 3.8) is 0 Å². The van der Waals surface area contributed by atoms with E-state index in [9.17, 15) is 9.59 Å². The number of likely N-dealkylation sites (tertiary alicyclic amines) is 1. The summed E-state index contributed by atoms with van der Waals surface area (Å²) in [6.07, 6.45) is 2.72. The van der Waals surface area contributed by atoms with Gasteiger partial charge in [-0.25, -0.2) is 0 Å². The van der Waals surface area contributed by atoms with Crippen molar-refractivity contribution in [2.45, 2.75) is 25.7 Å². The molecule has 0 bridgehead atoms. The Bertz CT molecular complexity index is 741. The molecule has 0 saturated carbocycles. The van der Waals surface area contributed by atoms with E-state index in [2.05, 4.69) is 20.9 Å². The molecule has 122 valence electrons. The molecular weight excluding hydrogens is 360 g/mol. The lowest BCUT2D eigenvalue weighted by Crippen LogP contribution is -2.40. The third-order valence-corrected chi connectivity index (χ3v) is 5.25. The Morgan fingerprint density at radius 1 is 1.35 bits per heavy atom. The Hall–Kier alpha value is -1.82. The number of fused-ring (bicyclic) bond motifs is 1. The number of H-pyrrole nitrogens is 1. The van der Waals surface area contributed by atoms with Crippen LogP contribution in [-0.4, -0.2) is 40.0 Å². The number of halogens is 1. The van der Waals surface area contributed by atoms with Gasteiger partial charge in [-0.1, -0.05) is 18.2 Å². The van der Waals surface area contributed by atoms with E-state index in [-0.39, 0.29) is 18.2 Å². The van der Waals surface area contributed by atoms with Crippen molar-refractivity contribution in [1.29, 1.82) is 0 Å². The first-order chi connectivity index (χ1) is 11.1. The summed E-state index contributed by atoms with van der Waals surface area (Å²) in [6.45, 7) is 1.36. The lowest BCUT2D eigenvalue weighted by Gasteiger charge is -2.32. The molecule has 1 aliphatic heterocycles. The first-order valence-corrected chi connectivity index (χ1v) is 8.63. The van der Waals surface area contributed by atoms with Crippen LogP contribution >= 0.6 is 15.9 Å². The fourth-order valence-electron chi connectivity index (χ4n) is 3.23. The van der Waals surface area contributed by atoms with Gasteiger partial charge in [-0.05, 0) is 47.2 Å². The van der Waals surface area contributed by atoms with E-state index in [1.165, 1.54) is 0 Å². The van der Waals surface area contributed by atoms with Crippen LogP contribution in [0.4, 0.5) is 0 Å². The van der Waals surface area contributed by atoms with Crippen LogP contribution in [0, 0.1) is 5.92 Å². The fraction of sp³-hybridized carbons (Fsp3) is 0.412. The van der Waals surface area contributed by atoms with Gasteiger partial charge in [0.15, 0.2) is 0 Å². The Balaban J connectivity index is 1.76. The molecule has 2 heterocycles. The summed E-state index contributed by atoms with van der Waals surface area (Å²) in [5.74, 6) is -0.521. The van der Waals surface area contributed by atoms with Gasteiger partial charge in [-0.15, -0.1) is 0 Å². The van der Waals surface area contributed by atoms with Crippen LogP contribution in [0.5, 0.6) is 0 Å². The molecule has 0 spiro atoms. The summed E-state index contributed by atoms with van der Waals surface area (Å²) in [5, 5.41) is 9.82. The quantitative estimate of drug-likeness (QED) is 0.852. The van der Waals surface area contributed by atoms with E-state index in [0.29, 0.717) is 18.7 Å². The topological polar surface area (TPSA) is 73.4 Å². The molecule has 2 N–H and O–H groups in total. The first kappa shape index (κ1) is 16.1. The number of hydrogen-bond donors (Lipinski definition) is 2. The summed E-state index contributed by atoms with van der Waals surface area (Å²) < 4.78 is 0.797. The summed E-state index contributed by atoms with van der Waals surface area (Å²) in [5.41, 5.74) is 1.51. The number of benzene rings is 1. The van der Waals surface area contributed by atoms with E-state index in [4.69, 9.17) is 5.11 Å². The molecule has 1 aromatic carbocycles. The minimum absolute atomic E-state index is 0.0203. The average Bonchev–Trinajstić information content (AvgIpc) is 2.90. The number of aliphatic carboxylic acids is 1. The van der Waals surface area contributed by atoms with Gasteiger partial charge in [0.1, 0.15) is 5.69 Å². The number of para-hydroxylation sites is 1. The molecule has 1 atom stereocenters. The Labute approximate surface area is 142 Å². The van der Waals surface area contributed by atoms with Gasteiger partial charge in [0.2, 0.25) is 0 Å². The van der Waals surface area contributed by atoms with Gasteiger partial charge in [0.25, 0.3) is 5.91 Å². The number of aromatic amines is 1. The third-order valence-electron chi connectivity index (χ3n) is 4.43. The van der Waals surface area contributed by atoms with Gasteiger partial charge in [-0.2, -0.15) is 0 Å². The smallest absolute Gasteiger partial charge is 0.303 e. The second-order valence-corrected chi connectivity index (χ2v) is 6.84. The van der Waals surface area contributed by atoms with Gasteiger partial charge in [0, 0.05) is 30.4 Å². The molecular formula is C17H19BrN2O3. The highest BCUT2D eigenvalue weighted by Gasteiger charge is 2.27. The first-order valence-electron chi connectivity index (χ1n) is 7.83. The van der Waals surface area contributed by atoms with Crippen molar-refractivity contribution in [2.24, 2.45) is 5.92 Å².